The van der Waals surface area contributed by atoms with Gasteiger partial charge in [-0.25, -0.2) is 12.7 Å². The molecule has 1 atom stereocenters. The molecule has 0 radical (unpaired) electrons. The van der Waals surface area contributed by atoms with Gasteiger partial charge in [-0.15, -0.1) is 11.6 Å². The highest BCUT2D eigenvalue weighted by Crippen LogP contribution is 2.20. The third-order valence-electron chi connectivity index (χ3n) is 3.14. The molecule has 0 bridgehead atoms. The smallest absolute Gasteiger partial charge is 0.242 e. The molecule has 114 valence electrons. The first kappa shape index (κ1) is 17.3. The van der Waals surface area contributed by atoms with Crippen molar-refractivity contribution >= 4 is 21.6 Å². The van der Waals surface area contributed by atoms with E-state index in [2.05, 4.69) is 0 Å². The van der Waals surface area contributed by atoms with Crippen LogP contribution in [-0.4, -0.2) is 38.8 Å². The second-order valence-corrected chi connectivity index (χ2v) is 7.23. The van der Waals surface area contributed by atoms with Crippen molar-refractivity contribution in [2.24, 2.45) is 5.92 Å². The highest BCUT2D eigenvalue weighted by Gasteiger charge is 2.21. The maximum atomic E-state index is 12.4. The minimum atomic E-state index is -3.43. The van der Waals surface area contributed by atoms with Crippen molar-refractivity contribution in [2.75, 3.05) is 26.1 Å². The Morgan fingerprint density at radius 2 is 1.90 bits per heavy atom. The van der Waals surface area contributed by atoms with Gasteiger partial charge in [0.05, 0.1) is 10.8 Å². The van der Waals surface area contributed by atoms with Gasteiger partial charge in [0.25, 0.3) is 0 Å². The zero-order valence-electron chi connectivity index (χ0n) is 12.2. The normalized spacial score (nSPS) is 13.4. The quantitative estimate of drug-likeness (QED) is 0.692. The molecule has 0 amide bonds. The lowest BCUT2D eigenvalue weighted by Gasteiger charge is -2.20. The molecule has 0 saturated heterocycles. The Morgan fingerprint density at radius 3 is 2.40 bits per heavy atom. The van der Waals surface area contributed by atoms with Crippen molar-refractivity contribution in [3.63, 3.8) is 0 Å². The number of rotatable bonds is 8. The third kappa shape index (κ3) is 4.65. The molecular weight excluding hydrogens is 298 g/mol. The summed E-state index contributed by atoms with van der Waals surface area (Å²) >= 11 is 5.53. The number of nitrogens with zero attached hydrogens (tertiary/aromatic N) is 1. The molecule has 1 aromatic carbocycles. The van der Waals surface area contributed by atoms with Crippen LogP contribution in [0.3, 0.4) is 0 Å². The number of benzene rings is 1. The molecule has 0 spiro atoms. The van der Waals surface area contributed by atoms with E-state index in [4.69, 9.17) is 16.3 Å². The van der Waals surface area contributed by atoms with Crippen LogP contribution in [0.4, 0.5) is 0 Å². The lowest BCUT2D eigenvalue weighted by Crippen LogP contribution is -2.31. The fourth-order valence-electron chi connectivity index (χ4n) is 1.71. The fourth-order valence-corrected chi connectivity index (χ4v) is 3.08. The molecule has 6 heteroatoms. The van der Waals surface area contributed by atoms with Crippen molar-refractivity contribution < 1.29 is 13.2 Å². The average Bonchev–Trinajstić information content (AvgIpc) is 2.45. The van der Waals surface area contributed by atoms with Crippen LogP contribution in [-0.2, 0) is 10.0 Å². The molecule has 0 aliphatic rings. The molecule has 0 heterocycles. The maximum absolute atomic E-state index is 12.4. The van der Waals surface area contributed by atoms with E-state index in [-0.39, 0.29) is 4.90 Å². The minimum Gasteiger partial charge on any atom is -0.492 e. The summed E-state index contributed by atoms with van der Waals surface area (Å²) in [5.41, 5.74) is 0. The Bertz CT molecular complexity index is 502. The number of sulfonamides is 1. The molecule has 1 unspecified atom stereocenters. The number of hydrogen-bond donors (Lipinski definition) is 0. The van der Waals surface area contributed by atoms with E-state index in [0.717, 1.165) is 6.42 Å². The summed E-state index contributed by atoms with van der Waals surface area (Å²) in [7, 11) is -1.82. The number of ether oxygens (including phenoxy) is 1. The standard InChI is InChI=1S/C14H22ClNO3S/c1-4-12(2)11-16(3)20(17,18)14-7-5-13(6-8-14)19-10-9-15/h5-8,12H,4,9-11H2,1-3H3. The van der Waals surface area contributed by atoms with Crippen LogP contribution in [0, 0.1) is 5.92 Å². The van der Waals surface area contributed by atoms with Crippen molar-refractivity contribution in [3.8, 4) is 5.75 Å². The first-order chi connectivity index (χ1) is 9.41. The topological polar surface area (TPSA) is 46.6 Å². The van der Waals surface area contributed by atoms with Crippen molar-refractivity contribution in [3.05, 3.63) is 24.3 Å². The highest BCUT2D eigenvalue weighted by atomic mass is 35.5. The highest BCUT2D eigenvalue weighted by molar-refractivity contribution is 7.89. The van der Waals surface area contributed by atoms with Crippen molar-refractivity contribution in [1.29, 1.82) is 0 Å². The van der Waals surface area contributed by atoms with Gasteiger partial charge < -0.3 is 4.74 Å². The third-order valence-corrected chi connectivity index (χ3v) is 5.14. The summed E-state index contributed by atoms with van der Waals surface area (Å²) in [4.78, 5) is 0.279. The Kier molecular flexibility index (Phi) is 6.79. The predicted octanol–water partition coefficient (Wildman–Crippen LogP) is 2.97. The van der Waals surface area contributed by atoms with Crippen molar-refractivity contribution in [1.82, 2.24) is 4.31 Å². The summed E-state index contributed by atoms with van der Waals surface area (Å²) < 4.78 is 31.5. The molecule has 0 N–H and O–H groups in total. The van der Waals surface area contributed by atoms with Gasteiger partial charge >= 0.3 is 0 Å². The predicted molar refractivity (Wildman–Crippen MR) is 81.9 cm³/mol. The van der Waals surface area contributed by atoms with Gasteiger partial charge in [-0.3, -0.25) is 0 Å². The maximum Gasteiger partial charge on any atom is 0.242 e. The van der Waals surface area contributed by atoms with Gasteiger partial charge in [0.15, 0.2) is 0 Å². The Balaban J connectivity index is 2.81. The number of alkyl halides is 1. The molecule has 4 nitrogen and oxygen atoms in total. The van der Waals surface area contributed by atoms with E-state index in [1.54, 1.807) is 31.3 Å². The van der Waals surface area contributed by atoms with Gasteiger partial charge in [-0.1, -0.05) is 20.3 Å². The summed E-state index contributed by atoms with van der Waals surface area (Å²) in [5, 5.41) is 0. The minimum absolute atomic E-state index is 0.279. The zero-order valence-corrected chi connectivity index (χ0v) is 13.7. The van der Waals surface area contributed by atoms with Gasteiger partial charge in [0.2, 0.25) is 10.0 Å². The van der Waals surface area contributed by atoms with Crippen LogP contribution in [0.1, 0.15) is 20.3 Å². The second-order valence-electron chi connectivity index (χ2n) is 4.81. The van der Waals surface area contributed by atoms with Crippen LogP contribution < -0.4 is 4.74 Å². The van der Waals surface area contributed by atoms with E-state index in [0.29, 0.717) is 30.7 Å². The van der Waals surface area contributed by atoms with Crippen LogP contribution in [0.5, 0.6) is 5.75 Å². The number of halogens is 1. The first-order valence-corrected chi connectivity index (χ1v) is 8.64. The molecule has 1 aromatic rings. The molecule has 0 saturated carbocycles. The summed E-state index contributed by atoms with van der Waals surface area (Å²) in [6.07, 6.45) is 0.949. The molecular formula is C14H22ClNO3S. The molecule has 1 rings (SSSR count). The van der Waals surface area contributed by atoms with E-state index < -0.39 is 10.0 Å². The lowest BCUT2D eigenvalue weighted by atomic mass is 10.1. The monoisotopic (exact) mass is 319 g/mol. The average molecular weight is 320 g/mol. The van der Waals surface area contributed by atoms with E-state index in [1.165, 1.54) is 4.31 Å². The van der Waals surface area contributed by atoms with E-state index in [9.17, 15) is 8.42 Å². The fraction of sp³-hybridized carbons (Fsp3) is 0.571. The number of hydrogen-bond acceptors (Lipinski definition) is 3. The summed E-state index contributed by atoms with van der Waals surface area (Å²) in [6.45, 7) is 5.01. The van der Waals surface area contributed by atoms with Gasteiger partial charge in [-0.2, -0.15) is 0 Å². The van der Waals surface area contributed by atoms with Crippen LogP contribution in [0.15, 0.2) is 29.2 Å². The lowest BCUT2D eigenvalue weighted by molar-refractivity contribution is 0.342. The second kappa shape index (κ2) is 7.86. The SMILES string of the molecule is CCC(C)CN(C)S(=O)(=O)c1ccc(OCCCl)cc1. The van der Waals surface area contributed by atoms with Crippen molar-refractivity contribution in [2.45, 2.75) is 25.2 Å². The Hall–Kier alpha value is -0.780. The summed E-state index contributed by atoms with van der Waals surface area (Å²) in [5.74, 6) is 1.35. The van der Waals surface area contributed by atoms with E-state index >= 15 is 0 Å². The molecule has 0 aliphatic carbocycles. The first-order valence-electron chi connectivity index (χ1n) is 6.67. The Labute approximate surface area is 126 Å². The van der Waals surface area contributed by atoms with Gasteiger partial charge in [0.1, 0.15) is 12.4 Å². The van der Waals surface area contributed by atoms with Crippen LogP contribution >= 0.6 is 11.6 Å². The molecule has 0 aromatic heterocycles. The molecule has 0 fully saturated rings. The molecule has 20 heavy (non-hydrogen) atoms. The van der Waals surface area contributed by atoms with E-state index in [1.807, 2.05) is 13.8 Å². The van der Waals surface area contributed by atoms with Gasteiger partial charge in [0, 0.05) is 13.6 Å². The van der Waals surface area contributed by atoms with Crippen LogP contribution in [0.25, 0.3) is 0 Å². The van der Waals surface area contributed by atoms with Gasteiger partial charge in [-0.05, 0) is 30.2 Å². The molecule has 0 aliphatic heterocycles. The summed E-state index contributed by atoms with van der Waals surface area (Å²) in [6, 6.07) is 6.42. The van der Waals surface area contributed by atoms with Crippen LogP contribution in [0.2, 0.25) is 0 Å². The Morgan fingerprint density at radius 1 is 1.30 bits per heavy atom. The zero-order chi connectivity index (χ0) is 15.2. The largest absolute Gasteiger partial charge is 0.492 e.